The van der Waals surface area contributed by atoms with Gasteiger partial charge in [0.2, 0.25) is 0 Å². The number of halogens is 3. The smallest absolute Gasteiger partial charge is 0.469 e. The topological polar surface area (TPSA) is 76.7 Å². The molecule has 0 heterocycles. The molecule has 144 valence electrons. The number of carbonyl (C=O) groups excluding carboxylic acids is 2. The van der Waals surface area contributed by atoms with Gasteiger partial charge in [-0.3, -0.25) is 4.79 Å². The fourth-order valence-corrected chi connectivity index (χ4v) is 2.25. The van der Waals surface area contributed by atoms with E-state index in [1.807, 2.05) is 0 Å². The number of para-hydroxylation sites is 1. The molecule has 0 saturated heterocycles. The predicted octanol–water partition coefficient (Wildman–Crippen LogP) is 4.01. The van der Waals surface area contributed by atoms with Crippen LogP contribution in [0.2, 0.25) is 0 Å². The van der Waals surface area contributed by atoms with Crippen LogP contribution >= 0.6 is 0 Å². The summed E-state index contributed by atoms with van der Waals surface area (Å²) in [4.78, 5) is 23.8. The van der Waals surface area contributed by atoms with Crippen molar-refractivity contribution >= 4 is 17.7 Å². The average molecular weight is 382 g/mol. The summed E-state index contributed by atoms with van der Waals surface area (Å²) in [5.74, 6) is -0.993. The molecule has 0 spiro atoms. The normalized spacial score (nSPS) is 12.0. The molecule has 0 aliphatic heterocycles. The van der Waals surface area contributed by atoms with Crippen molar-refractivity contribution in [2.75, 3.05) is 12.4 Å². The first-order valence-corrected chi connectivity index (χ1v) is 7.82. The van der Waals surface area contributed by atoms with E-state index >= 15 is 0 Å². The molecule has 27 heavy (non-hydrogen) atoms. The van der Waals surface area contributed by atoms with E-state index in [1.165, 1.54) is 19.2 Å². The van der Waals surface area contributed by atoms with Crippen LogP contribution in [0.15, 0.2) is 54.6 Å². The van der Waals surface area contributed by atoms with Gasteiger partial charge in [-0.2, -0.15) is 0 Å². The summed E-state index contributed by atoms with van der Waals surface area (Å²) in [7, 11) is 1.20. The first-order valence-electron chi connectivity index (χ1n) is 7.82. The van der Waals surface area contributed by atoms with Gasteiger partial charge in [0, 0.05) is 5.69 Å². The molecule has 2 rings (SSSR count). The molecule has 2 amide bonds. The summed E-state index contributed by atoms with van der Waals surface area (Å²) in [5.41, 5.74) is 0.957. The zero-order valence-corrected chi connectivity index (χ0v) is 14.2. The van der Waals surface area contributed by atoms with Crippen molar-refractivity contribution in [2.24, 2.45) is 0 Å². The standard InChI is InChI=1S/C18H17F3N2O4/c1-26-16(24)11-15(23-17(25)22-13-5-3-2-4-6-13)12-7-9-14(10-8-12)27-18(19,20)21/h2-10,15H,11H2,1H3,(H2,22,23,25). The van der Waals surface area contributed by atoms with E-state index in [2.05, 4.69) is 20.1 Å². The van der Waals surface area contributed by atoms with E-state index in [-0.39, 0.29) is 6.42 Å². The number of nitrogens with one attached hydrogen (secondary N) is 2. The molecule has 1 atom stereocenters. The Kier molecular flexibility index (Phi) is 6.64. The predicted molar refractivity (Wildman–Crippen MR) is 91.1 cm³/mol. The van der Waals surface area contributed by atoms with Crippen molar-refractivity contribution in [1.29, 1.82) is 0 Å². The molecule has 0 bridgehead atoms. The minimum Gasteiger partial charge on any atom is -0.469 e. The van der Waals surface area contributed by atoms with Crippen molar-refractivity contribution in [3.8, 4) is 5.75 Å². The third-order valence-corrected chi connectivity index (χ3v) is 3.45. The van der Waals surface area contributed by atoms with Crippen molar-refractivity contribution in [2.45, 2.75) is 18.8 Å². The van der Waals surface area contributed by atoms with Crippen LogP contribution in [0, 0.1) is 0 Å². The minimum atomic E-state index is -4.80. The quantitative estimate of drug-likeness (QED) is 0.740. The molecular formula is C18H17F3N2O4. The monoisotopic (exact) mass is 382 g/mol. The summed E-state index contributed by atoms with van der Waals surface area (Å²) in [6.45, 7) is 0. The van der Waals surface area contributed by atoms with Gasteiger partial charge in [0.1, 0.15) is 5.75 Å². The number of hydrogen-bond donors (Lipinski definition) is 2. The van der Waals surface area contributed by atoms with Crippen LogP contribution < -0.4 is 15.4 Å². The Morgan fingerprint density at radius 1 is 1.04 bits per heavy atom. The first-order chi connectivity index (χ1) is 12.8. The van der Waals surface area contributed by atoms with E-state index in [0.29, 0.717) is 11.3 Å². The highest BCUT2D eigenvalue weighted by Gasteiger charge is 2.31. The van der Waals surface area contributed by atoms with Crippen LogP contribution in [0.5, 0.6) is 5.75 Å². The molecule has 0 fully saturated rings. The molecule has 0 aliphatic rings. The Hall–Kier alpha value is -3.23. The number of ether oxygens (including phenoxy) is 2. The largest absolute Gasteiger partial charge is 0.573 e. The third-order valence-electron chi connectivity index (χ3n) is 3.45. The Bertz CT molecular complexity index is 764. The lowest BCUT2D eigenvalue weighted by Gasteiger charge is -2.19. The summed E-state index contributed by atoms with van der Waals surface area (Å²) in [6.07, 6.45) is -5.00. The Balaban J connectivity index is 2.11. The molecule has 2 N–H and O–H groups in total. The molecule has 9 heteroatoms. The maximum atomic E-state index is 12.2. The van der Waals surface area contributed by atoms with Gasteiger partial charge in [-0.15, -0.1) is 13.2 Å². The van der Waals surface area contributed by atoms with Crippen LogP contribution in [0.3, 0.4) is 0 Å². The van der Waals surface area contributed by atoms with E-state index in [0.717, 1.165) is 12.1 Å². The van der Waals surface area contributed by atoms with Crippen LogP contribution in [0.4, 0.5) is 23.7 Å². The van der Waals surface area contributed by atoms with Gasteiger partial charge in [-0.05, 0) is 29.8 Å². The lowest BCUT2D eigenvalue weighted by molar-refractivity contribution is -0.274. The fourth-order valence-electron chi connectivity index (χ4n) is 2.25. The van der Waals surface area contributed by atoms with Gasteiger partial charge in [-0.25, -0.2) is 4.79 Å². The number of rotatable bonds is 6. The van der Waals surface area contributed by atoms with E-state index in [1.54, 1.807) is 30.3 Å². The van der Waals surface area contributed by atoms with Gasteiger partial charge in [-0.1, -0.05) is 30.3 Å². The van der Waals surface area contributed by atoms with Gasteiger partial charge in [0.05, 0.1) is 19.6 Å². The molecule has 2 aromatic rings. The van der Waals surface area contributed by atoms with E-state index < -0.39 is 30.2 Å². The summed E-state index contributed by atoms with van der Waals surface area (Å²) in [5, 5.41) is 5.20. The van der Waals surface area contributed by atoms with Gasteiger partial charge >= 0.3 is 18.4 Å². The van der Waals surface area contributed by atoms with Gasteiger partial charge < -0.3 is 20.1 Å². The Labute approximate surface area is 153 Å². The molecular weight excluding hydrogens is 365 g/mol. The number of benzene rings is 2. The van der Waals surface area contributed by atoms with Crippen LogP contribution in [0.25, 0.3) is 0 Å². The molecule has 1 unspecified atom stereocenters. The second-order valence-electron chi connectivity index (χ2n) is 5.41. The number of amides is 2. The minimum absolute atomic E-state index is 0.196. The second-order valence-corrected chi connectivity index (χ2v) is 5.41. The maximum absolute atomic E-state index is 12.2. The molecule has 0 aliphatic carbocycles. The summed E-state index contributed by atoms with van der Waals surface area (Å²) >= 11 is 0. The van der Waals surface area contributed by atoms with Crippen molar-refractivity contribution in [3.63, 3.8) is 0 Å². The Morgan fingerprint density at radius 2 is 1.67 bits per heavy atom. The number of hydrogen-bond acceptors (Lipinski definition) is 4. The van der Waals surface area contributed by atoms with Crippen molar-refractivity contribution in [1.82, 2.24) is 5.32 Å². The SMILES string of the molecule is COC(=O)CC(NC(=O)Nc1ccccc1)c1ccc(OC(F)(F)F)cc1. The van der Waals surface area contributed by atoms with Gasteiger partial charge in [0.15, 0.2) is 0 Å². The fraction of sp³-hybridized carbons (Fsp3) is 0.222. The van der Waals surface area contributed by atoms with Crippen molar-refractivity contribution in [3.05, 3.63) is 60.2 Å². The number of anilines is 1. The van der Waals surface area contributed by atoms with Crippen molar-refractivity contribution < 1.29 is 32.2 Å². The van der Waals surface area contributed by atoms with Crippen LogP contribution in [0.1, 0.15) is 18.0 Å². The third kappa shape index (κ3) is 6.89. The molecule has 0 radical (unpaired) electrons. The number of alkyl halides is 3. The van der Waals surface area contributed by atoms with E-state index in [9.17, 15) is 22.8 Å². The second kappa shape index (κ2) is 8.93. The Morgan fingerprint density at radius 3 is 2.22 bits per heavy atom. The summed E-state index contributed by atoms with van der Waals surface area (Å²) < 4.78 is 45.2. The zero-order valence-electron chi connectivity index (χ0n) is 14.2. The van der Waals surface area contributed by atoms with Crippen LogP contribution in [-0.2, 0) is 9.53 Å². The number of esters is 1. The van der Waals surface area contributed by atoms with Crippen LogP contribution in [-0.4, -0.2) is 25.5 Å². The first kappa shape index (κ1) is 20.1. The number of urea groups is 1. The molecule has 0 saturated carbocycles. The zero-order chi connectivity index (χ0) is 19.9. The molecule has 2 aromatic carbocycles. The highest BCUT2D eigenvalue weighted by Crippen LogP contribution is 2.25. The summed E-state index contributed by atoms with van der Waals surface area (Å²) in [6, 6.07) is 12.1. The average Bonchev–Trinajstić information content (AvgIpc) is 2.61. The molecule has 0 aromatic heterocycles. The lowest BCUT2D eigenvalue weighted by atomic mass is 10.0. The lowest BCUT2D eigenvalue weighted by Crippen LogP contribution is -2.34. The van der Waals surface area contributed by atoms with E-state index in [4.69, 9.17) is 0 Å². The number of methoxy groups -OCH3 is 1. The number of carbonyl (C=O) groups is 2. The van der Waals surface area contributed by atoms with Gasteiger partial charge in [0.25, 0.3) is 0 Å². The highest BCUT2D eigenvalue weighted by atomic mass is 19.4. The highest BCUT2D eigenvalue weighted by molar-refractivity contribution is 5.89. The maximum Gasteiger partial charge on any atom is 0.573 e. The molecule has 6 nitrogen and oxygen atoms in total.